The van der Waals surface area contributed by atoms with Crippen LogP contribution in [-0.2, 0) is 23.9 Å². The Kier molecular flexibility index (Phi) is 6.57. The minimum atomic E-state index is -2.07. The summed E-state index contributed by atoms with van der Waals surface area (Å²) in [6.07, 6.45) is 3.65. The van der Waals surface area contributed by atoms with Gasteiger partial charge in [0.15, 0.2) is 18.1 Å². The molecule has 0 aromatic rings. The van der Waals surface area contributed by atoms with Crippen molar-refractivity contribution in [1.29, 1.82) is 0 Å². The zero-order chi connectivity index (χ0) is 26.7. The highest BCUT2D eigenvalue weighted by molar-refractivity contribution is 6.01. The molecule has 4 rings (SSSR count). The molecule has 0 amide bonds. The lowest BCUT2D eigenvalue weighted by atomic mass is 9.44. The van der Waals surface area contributed by atoms with E-state index >= 15 is 4.39 Å². The maximum absolute atomic E-state index is 17.1. The Morgan fingerprint density at radius 3 is 2.56 bits per heavy atom. The van der Waals surface area contributed by atoms with Gasteiger partial charge in [-0.05, 0) is 63.0 Å². The summed E-state index contributed by atoms with van der Waals surface area (Å²) in [7, 11) is 0. The highest BCUT2D eigenvalue weighted by Gasteiger charge is 2.75. The quantitative estimate of drug-likeness (QED) is 0.448. The summed E-state index contributed by atoms with van der Waals surface area (Å²) >= 11 is 0. The van der Waals surface area contributed by atoms with Crippen LogP contribution in [0, 0.1) is 28.6 Å². The van der Waals surface area contributed by atoms with Crippen molar-refractivity contribution < 1.29 is 43.6 Å². The molecule has 36 heavy (non-hydrogen) atoms. The Balaban J connectivity index is 1.58. The molecule has 9 heteroatoms. The first kappa shape index (κ1) is 26.7. The van der Waals surface area contributed by atoms with Crippen LogP contribution in [0.5, 0.6) is 0 Å². The first-order chi connectivity index (χ1) is 16.7. The SMILES string of the molecule is C[C@H]1C[C@H]2[C@@H]3CCC4=CC(=O)C=C[C@]4(C)[C@@]3(F)[C@@H](O)C[C@]2(C)[C@@]1(O)C(=O)COC(=O)CCCC(=O)O. The van der Waals surface area contributed by atoms with Crippen molar-refractivity contribution in [3.63, 3.8) is 0 Å². The van der Waals surface area contributed by atoms with Crippen molar-refractivity contribution in [3.05, 3.63) is 23.8 Å². The van der Waals surface area contributed by atoms with Crippen LogP contribution >= 0.6 is 0 Å². The van der Waals surface area contributed by atoms with Gasteiger partial charge in [0.25, 0.3) is 0 Å². The van der Waals surface area contributed by atoms with Gasteiger partial charge in [-0.2, -0.15) is 0 Å². The molecule has 0 radical (unpaired) electrons. The molecule has 3 fully saturated rings. The molecule has 0 aliphatic heterocycles. The van der Waals surface area contributed by atoms with Crippen LogP contribution in [0.2, 0.25) is 0 Å². The molecule has 0 aromatic carbocycles. The number of halogens is 1. The van der Waals surface area contributed by atoms with Gasteiger partial charge in [-0.15, -0.1) is 0 Å². The number of carbonyl (C=O) groups is 4. The zero-order valence-electron chi connectivity index (χ0n) is 21.0. The lowest BCUT2D eigenvalue weighted by Crippen LogP contribution is -2.69. The number of carbonyl (C=O) groups excluding carboxylic acids is 3. The monoisotopic (exact) mass is 506 g/mol. The molecule has 0 saturated heterocycles. The van der Waals surface area contributed by atoms with Gasteiger partial charge in [-0.3, -0.25) is 19.2 Å². The summed E-state index contributed by atoms with van der Waals surface area (Å²) in [6.45, 7) is 4.47. The highest BCUT2D eigenvalue weighted by atomic mass is 19.1. The van der Waals surface area contributed by atoms with Gasteiger partial charge in [0.1, 0.15) is 5.60 Å². The summed E-state index contributed by atoms with van der Waals surface area (Å²) in [5.41, 5.74) is -5.65. The number of aliphatic hydroxyl groups excluding tert-OH is 1. The molecular formula is C27H35FO8. The summed E-state index contributed by atoms with van der Waals surface area (Å²) in [5, 5.41) is 31.9. The number of alkyl halides is 1. The number of rotatable bonds is 7. The van der Waals surface area contributed by atoms with Crippen molar-refractivity contribution in [2.24, 2.45) is 28.6 Å². The molecule has 0 bridgehead atoms. The van der Waals surface area contributed by atoms with E-state index in [-0.39, 0.29) is 31.5 Å². The fourth-order valence-electron chi connectivity index (χ4n) is 7.85. The molecule has 3 saturated carbocycles. The van der Waals surface area contributed by atoms with E-state index in [1.807, 2.05) is 0 Å². The van der Waals surface area contributed by atoms with Gasteiger partial charge < -0.3 is 20.1 Å². The average molecular weight is 507 g/mol. The molecule has 0 spiro atoms. The van der Waals surface area contributed by atoms with E-state index in [0.29, 0.717) is 24.8 Å². The van der Waals surface area contributed by atoms with E-state index in [1.165, 1.54) is 12.2 Å². The third-order valence-corrected chi connectivity index (χ3v) is 9.78. The maximum atomic E-state index is 17.1. The number of carboxylic acid groups (broad SMARTS) is 1. The lowest BCUT2D eigenvalue weighted by Gasteiger charge is -2.62. The third kappa shape index (κ3) is 3.61. The Hall–Kier alpha value is -2.39. The summed E-state index contributed by atoms with van der Waals surface area (Å²) in [5.74, 6) is -4.29. The number of fused-ring (bicyclic) bond motifs is 5. The van der Waals surface area contributed by atoms with Crippen molar-refractivity contribution in [2.75, 3.05) is 6.61 Å². The van der Waals surface area contributed by atoms with E-state index in [0.717, 1.165) is 0 Å². The zero-order valence-corrected chi connectivity index (χ0v) is 21.0. The van der Waals surface area contributed by atoms with Gasteiger partial charge in [-0.1, -0.05) is 25.5 Å². The van der Waals surface area contributed by atoms with Crippen LogP contribution in [-0.4, -0.2) is 62.8 Å². The molecule has 8 atom stereocenters. The molecule has 4 aliphatic carbocycles. The number of aliphatic hydroxyl groups is 2. The predicted octanol–water partition coefficient (Wildman–Crippen LogP) is 2.70. The van der Waals surface area contributed by atoms with Gasteiger partial charge in [0.2, 0.25) is 5.78 Å². The third-order valence-electron chi connectivity index (χ3n) is 9.78. The van der Waals surface area contributed by atoms with Gasteiger partial charge in [-0.25, -0.2) is 4.39 Å². The second-order valence-electron chi connectivity index (χ2n) is 11.5. The number of ether oxygens (including phenoxy) is 1. The Morgan fingerprint density at radius 1 is 1.19 bits per heavy atom. The minimum absolute atomic E-state index is 0.0739. The normalized spacial score (nSPS) is 43.2. The number of hydrogen-bond acceptors (Lipinski definition) is 7. The first-order valence-electron chi connectivity index (χ1n) is 12.7. The van der Waals surface area contributed by atoms with Crippen molar-refractivity contribution >= 4 is 23.5 Å². The second kappa shape index (κ2) is 8.87. The van der Waals surface area contributed by atoms with Crippen LogP contribution in [0.3, 0.4) is 0 Å². The van der Waals surface area contributed by atoms with Crippen LogP contribution in [0.25, 0.3) is 0 Å². The molecular weight excluding hydrogens is 471 g/mol. The van der Waals surface area contributed by atoms with Crippen molar-refractivity contribution in [1.82, 2.24) is 0 Å². The Morgan fingerprint density at radius 2 is 1.89 bits per heavy atom. The average Bonchev–Trinajstić information content (AvgIpc) is 3.00. The molecule has 0 unspecified atom stereocenters. The molecule has 0 heterocycles. The molecule has 8 nitrogen and oxygen atoms in total. The predicted molar refractivity (Wildman–Crippen MR) is 125 cm³/mol. The molecule has 0 aromatic heterocycles. The first-order valence-corrected chi connectivity index (χ1v) is 12.7. The lowest BCUT2D eigenvalue weighted by molar-refractivity contribution is -0.220. The van der Waals surface area contributed by atoms with Crippen LogP contribution in [0.4, 0.5) is 4.39 Å². The number of ketones is 2. The number of esters is 1. The Labute approximate surface area is 209 Å². The number of aliphatic carboxylic acids is 1. The van der Waals surface area contributed by atoms with E-state index in [4.69, 9.17) is 9.84 Å². The number of allylic oxidation sites excluding steroid dienone is 4. The highest BCUT2D eigenvalue weighted by Crippen LogP contribution is 2.70. The standard InChI is InChI=1S/C27H35FO8/c1-15-11-19-18-8-7-16-12-17(29)9-10-24(16,2)26(18,28)20(30)13-25(19,3)27(15,35)21(31)14-36-23(34)6-4-5-22(32)33/h9-10,12,15,18-20,30,35H,4-8,11,13-14H2,1-3H3,(H,32,33)/t15-,18-,19-,20-,24-,25-,26-,27-/m0/s1. The van der Waals surface area contributed by atoms with Crippen LogP contribution in [0.15, 0.2) is 23.8 Å². The van der Waals surface area contributed by atoms with Gasteiger partial charge in [0.05, 0.1) is 6.10 Å². The summed E-state index contributed by atoms with van der Waals surface area (Å²) in [6, 6.07) is 0. The second-order valence-corrected chi connectivity index (χ2v) is 11.5. The fraction of sp³-hybridized carbons (Fsp3) is 0.704. The smallest absolute Gasteiger partial charge is 0.306 e. The number of Topliss-reactive ketones (excluding diaryl/α,β-unsaturated/α-hetero) is 1. The van der Waals surface area contributed by atoms with E-state index < -0.39 is 70.3 Å². The minimum Gasteiger partial charge on any atom is -0.481 e. The Bertz CT molecular complexity index is 1050. The van der Waals surface area contributed by atoms with Crippen molar-refractivity contribution in [2.45, 2.75) is 83.1 Å². The van der Waals surface area contributed by atoms with Gasteiger partial charge in [0, 0.05) is 29.6 Å². The molecule has 4 aliphatic rings. The fourth-order valence-corrected chi connectivity index (χ4v) is 7.85. The van der Waals surface area contributed by atoms with Crippen LogP contribution in [0.1, 0.15) is 65.7 Å². The topological polar surface area (TPSA) is 138 Å². The van der Waals surface area contributed by atoms with Crippen molar-refractivity contribution in [3.8, 4) is 0 Å². The van der Waals surface area contributed by atoms with E-state index in [9.17, 15) is 29.4 Å². The van der Waals surface area contributed by atoms with E-state index in [1.54, 1.807) is 26.8 Å². The van der Waals surface area contributed by atoms with Gasteiger partial charge >= 0.3 is 11.9 Å². The molecule has 3 N–H and O–H groups in total. The molecule has 198 valence electrons. The maximum Gasteiger partial charge on any atom is 0.306 e. The largest absolute Gasteiger partial charge is 0.481 e. The summed E-state index contributed by atoms with van der Waals surface area (Å²) < 4.78 is 22.2. The van der Waals surface area contributed by atoms with Crippen LogP contribution < -0.4 is 0 Å². The van der Waals surface area contributed by atoms with E-state index in [2.05, 4.69) is 0 Å². The number of hydrogen-bond donors (Lipinski definition) is 3. The number of carboxylic acids is 1. The summed E-state index contributed by atoms with van der Waals surface area (Å²) in [4.78, 5) is 47.9.